The van der Waals surface area contributed by atoms with E-state index in [9.17, 15) is 18.0 Å². The van der Waals surface area contributed by atoms with Crippen molar-refractivity contribution in [3.8, 4) is 0 Å². The topological polar surface area (TPSA) is 121 Å². The van der Waals surface area contributed by atoms with E-state index >= 15 is 0 Å². The van der Waals surface area contributed by atoms with Crippen LogP contribution in [0.4, 0.5) is 5.69 Å². The fraction of sp³-hybridized carbons (Fsp3) is 0.273. The molecule has 0 saturated heterocycles. The third-order valence-corrected chi connectivity index (χ3v) is 6.43. The second kappa shape index (κ2) is 8.19. The van der Waals surface area contributed by atoms with Gasteiger partial charge in [0, 0.05) is 23.6 Å². The number of anilines is 1. The summed E-state index contributed by atoms with van der Waals surface area (Å²) in [6.45, 7) is 6.01. The number of aryl methyl sites for hydroxylation is 2. The maximum Gasteiger partial charge on any atom is 0.419 e. The SMILES string of the molecule is CCCn1c(=O)oc2cc(NS(=O)(=O)c3ccc4oc(C(=O)OCC)c(C)c4c3)ccc21. The zero-order valence-corrected chi connectivity index (χ0v) is 18.6. The largest absolute Gasteiger partial charge is 0.460 e. The van der Waals surface area contributed by atoms with Crippen molar-refractivity contribution in [2.75, 3.05) is 11.3 Å². The van der Waals surface area contributed by atoms with Gasteiger partial charge in [0.25, 0.3) is 10.0 Å². The summed E-state index contributed by atoms with van der Waals surface area (Å²) in [5, 5.41) is 0.494. The molecule has 168 valence electrons. The van der Waals surface area contributed by atoms with Gasteiger partial charge in [0.2, 0.25) is 5.76 Å². The van der Waals surface area contributed by atoms with E-state index in [0.29, 0.717) is 34.2 Å². The highest BCUT2D eigenvalue weighted by molar-refractivity contribution is 7.92. The molecule has 0 radical (unpaired) electrons. The van der Waals surface area contributed by atoms with Gasteiger partial charge >= 0.3 is 11.7 Å². The van der Waals surface area contributed by atoms with Gasteiger partial charge in [-0.3, -0.25) is 9.29 Å². The first-order valence-corrected chi connectivity index (χ1v) is 11.6. The molecule has 0 aliphatic carbocycles. The van der Waals surface area contributed by atoms with E-state index in [-0.39, 0.29) is 22.9 Å². The maximum absolute atomic E-state index is 13.0. The fourth-order valence-electron chi connectivity index (χ4n) is 3.54. The van der Waals surface area contributed by atoms with Crippen molar-refractivity contribution in [1.29, 1.82) is 0 Å². The molecule has 2 aromatic heterocycles. The number of furan rings is 1. The van der Waals surface area contributed by atoms with Crippen LogP contribution in [-0.4, -0.2) is 25.6 Å². The van der Waals surface area contributed by atoms with Gasteiger partial charge in [-0.25, -0.2) is 18.0 Å². The first-order chi connectivity index (χ1) is 15.2. The van der Waals surface area contributed by atoms with Crippen molar-refractivity contribution < 1.29 is 26.8 Å². The average Bonchev–Trinajstić information content (AvgIpc) is 3.24. The number of nitrogens with zero attached hydrogens (tertiary/aromatic N) is 1. The maximum atomic E-state index is 13.0. The van der Waals surface area contributed by atoms with Crippen LogP contribution in [0.25, 0.3) is 22.1 Å². The zero-order valence-electron chi connectivity index (χ0n) is 17.8. The van der Waals surface area contributed by atoms with Gasteiger partial charge in [0.1, 0.15) is 5.58 Å². The Morgan fingerprint density at radius 3 is 2.59 bits per heavy atom. The number of aromatic nitrogens is 1. The second-order valence-corrected chi connectivity index (χ2v) is 8.92. The summed E-state index contributed by atoms with van der Waals surface area (Å²) in [6, 6.07) is 9.01. The Morgan fingerprint density at radius 2 is 1.88 bits per heavy atom. The highest BCUT2D eigenvalue weighted by atomic mass is 32.2. The molecule has 0 spiro atoms. The van der Waals surface area contributed by atoms with E-state index in [1.54, 1.807) is 26.0 Å². The van der Waals surface area contributed by atoms with E-state index in [0.717, 1.165) is 6.42 Å². The van der Waals surface area contributed by atoms with E-state index in [1.807, 2.05) is 6.92 Å². The molecule has 0 fully saturated rings. The number of esters is 1. The highest BCUT2D eigenvalue weighted by Crippen LogP contribution is 2.29. The van der Waals surface area contributed by atoms with Crippen molar-refractivity contribution in [3.05, 3.63) is 58.3 Å². The normalized spacial score (nSPS) is 11.8. The quantitative estimate of drug-likeness (QED) is 0.415. The third kappa shape index (κ3) is 3.77. The number of ether oxygens (including phenoxy) is 1. The van der Waals surface area contributed by atoms with E-state index in [2.05, 4.69) is 4.72 Å². The molecule has 0 aliphatic heterocycles. The van der Waals surface area contributed by atoms with Gasteiger partial charge in [-0.15, -0.1) is 0 Å². The number of rotatable bonds is 7. The monoisotopic (exact) mass is 458 g/mol. The number of carbonyl (C=O) groups excluding carboxylic acids is 1. The van der Waals surface area contributed by atoms with Crippen molar-refractivity contribution in [1.82, 2.24) is 4.57 Å². The summed E-state index contributed by atoms with van der Waals surface area (Å²) in [5.41, 5.74) is 2.03. The number of oxazole rings is 1. The molecule has 10 heteroatoms. The lowest BCUT2D eigenvalue weighted by Gasteiger charge is -2.08. The number of fused-ring (bicyclic) bond motifs is 2. The van der Waals surface area contributed by atoms with Crippen LogP contribution in [0.5, 0.6) is 0 Å². The number of carbonyl (C=O) groups is 1. The molecule has 0 atom stereocenters. The molecule has 4 aromatic rings. The van der Waals surface area contributed by atoms with Crippen LogP contribution in [0.15, 0.2) is 54.9 Å². The van der Waals surface area contributed by atoms with Crippen LogP contribution in [0.2, 0.25) is 0 Å². The van der Waals surface area contributed by atoms with Crippen LogP contribution in [0, 0.1) is 6.92 Å². The van der Waals surface area contributed by atoms with Crippen LogP contribution in [0.3, 0.4) is 0 Å². The molecule has 2 aromatic carbocycles. The molecule has 1 N–H and O–H groups in total. The third-order valence-electron chi connectivity index (χ3n) is 5.05. The molecule has 0 unspecified atom stereocenters. The van der Waals surface area contributed by atoms with Crippen LogP contribution < -0.4 is 10.5 Å². The van der Waals surface area contributed by atoms with Crippen LogP contribution in [0.1, 0.15) is 36.4 Å². The molecule has 9 nitrogen and oxygen atoms in total. The Balaban J connectivity index is 1.68. The Hall–Kier alpha value is -3.53. The van der Waals surface area contributed by atoms with E-state index in [4.69, 9.17) is 13.6 Å². The van der Waals surface area contributed by atoms with Gasteiger partial charge in [-0.05, 0) is 50.6 Å². The zero-order chi connectivity index (χ0) is 23.0. The summed E-state index contributed by atoms with van der Waals surface area (Å²) >= 11 is 0. The summed E-state index contributed by atoms with van der Waals surface area (Å²) in [6.07, 6.45) is 0.761. The molecule has 0 saturated carbocycles. The smallest absolute Gasteiger partial charge is 0.419 e. The Bertz CT molecular complexity index is 1490. The number of nitrogens with one attached hydrogen (secondary N) is 1. The number of benzene rings is 2. The average molecular weight is 458 g/mol. The predicted molar refractivity (Wildman–Crippen MR) is 118 cm³/mol. The lowest BCUT2D eigenvalue weighted by Crippen LogP contribution is -2.13. The summed E-state index contributed by atoms with van der Waals surface area (Å²) in [4.78, 5) is 24.1. The van der Waals surface area contributed by atoms with Gasteiger partial charge in [-0.1, -0.05) is 6.92 Å². The minimum Gasteiger partial charge on any atom is -0.460 e. The molecule has 4 rings (SSSR count). The van der Waals surface area contributed by atoms with E-state index < -0.39 is 21.7 Å². The van der Waals surface area contributed by atoms with Gasteiger partial charge < -0.3 is 13.6 Å². The van der Waals surface area contributed by atoms with E-state index in [1.165, 1.54) is 28.8 Å². The van der Waals surface area contributed by atoms with Crippen LogP contribution >= 0.6 is 0 Å². The molecule has 0 bridgehead atoms. The molecule has 32 heavy (non-hydrogen) atoms. The predicted octanol–water partition coefficient (Wildman–Crippen LogP) is 4.04. The number of hydrogen-bond donors (Lipinski definition) is 1. The number of hydrogen-bond acceptors (Lipinski definition) is 7. The molecular formula is C22H22N2O7S. The summed E-state index contributed by atoms with van der Waals surface area (Å²) in [7, 11) is -3.96. The minimum absolute atomic E-state index is 0.00517. The highest BCUT2D eigenvalue weighted by Gasteiger charge is 2.22. The van der Waals surface area contributed by atoms with Gasteiger partial charge in [0.15, 0.2) is 5.58 Å². The molecule has 0 amide bonds. The molecule has 2 heterocycles. The molecular weight excluding hydrogens is 436 g/mol. The fourth-order valence-corrected chi connectivity index (χ4v) is 4.61. The Labute approximate surface area is 183 Å². The minimum atomic E-state index is -3.96. The second-order valence-electron chi connectivity index (χ2n) is 7.24. The van der Waals surface area contributed by atoms with Crippen molar-refractivity contribution >= 4 is 43.7 Å². The van der Waals surface area contributed by atoms with Gasteiger partial charge in [-0.2, -0.15) is 0 Å². The Kier molecular flexibility index (Phi) is 5.55. The standard InChI is InChI=1S/C22H22N2O7S/c1-4-10-24-17-8-6-14(11-19(17)31-22(24)26)23-32(27,28)15-7-9-18-16(12-15)13(3)20(30-18)21(25)29-5-2/h6-9,11-12,23H,4-5,10H2,1-3H3. The lowest BCUT2D eigenvalue weighted by atomic mass is 10.1. The van der Waals surface area contributed by atoms with Gasteiger partial charge in [0.05, 0.1) is 22.7 Å². The lowest BCUT2D eigenvalue weighted by molar-refractivity contribution is 0.0491. The molecule has 0 aliphatic rings. The number of sulfonamides is 1. The van der Waals surface area contributed by atoms with Crippen LogP contribution in [-0.2, 0) is 21.3 Å². The summed E-state index contributed by atoms with van der Waals surface area (Å²) in [5.74, 6) is -1.05. The summed E-state index contributed by atoms with van der Waals surface area (Å²) < 4.78 is 45.7. The first-order valence-electron chi connectivity index (χ1n) is 10.1. The van der Waals surface area contributed by atoms with Crippen molar-refractivity contribution in [2.24, 2.45) is 0 Å². The van der Waals surface area contributed by atoms with Crippen molar-refractivity contribution in [3.63, 3.8) is 0 Å². The van der Waals surface area contributed by atoms with Crippen molar-refractivity contribution in [2.45, 2.75) is 38.6 Å². The first kappa shape index (κ1) is 21.7. The Morgan fingerprint density at radius 1 is 1.09 bits per heavy atom.